The zero-order chi connectivity index (χ0) is 22.4. The van der Waals surface area contributed by atoms with Crippen LogP contribution in [0.2, 0.25) is 0 Å². The number of thiazole rings is 1. The molecular formula is C18H20F3N5O4S. The predicted octanol–water partition coefficient (Wildman–Crippen LogP) is 2.18. The number of piperidine rings is 1. The minimum absolute atomic E-state index is 0.0198. The summed E-state index contributed by atoms with van der Waals surface area (Å²) in [6.45, 7) is 2.26. The molecule has 2 aromatic rings. The number of halogens is 3. The summed E-state index contributed by atoms with van der Waals surface area (Å²) in [5.74, 6) is -2.41. The van der Waals surface area contributed by atoms with E-state index in [1.54, 1.807) is 29.9 Å². The molecule has 2 aliphatic rings. The van der Waals surface area contributed by atoms with E-state index in [1.807, 2.05) is 11.6 Å². The molecule has 9 nitrogen and oxygen atoms in total. The van der Waals surface area contributed by atoms with Gasteiger partial charge in [0.05, 0.1) is 24.8 Å². The fourth-order valence-electron chi connectivity index (χ4n) is 3.52. The lowest BCUT2D eigenvalue weighted by molar-refractivity contribution is -0.192. The van der Waals surface area contributed by atoms with E-state index in [4.69, 9.17) is 14.6 Å². The fraction of sp³-hybridized carbons (Fsp3) is 0.500. The quantitative estimate of drug-likeness (QED) is 0.715. The molecule has 0 spiro atoms. The molecular weight excluding hydrogens is 439 g/mol. The van der Waals surface area contributed by atoms with Crippen molar-refractivity contribution in [2.24, 2.45) is 5.92 Å². The fourth-order valence-corrected chi connectivity index (χ4v) is 4.16. The van der Waals surface area contributed by atoms with Crippen LogP contribution in [0.25, 0.3) is 0 Å². The maximum atomic E-state index is 12.6. The number of nitrogens with one attached hydrogen (secondary N) is 1. The van der Waals surface area contributed by atoms with Gasteiger partial charge in [-0.05, 0) is 12.8 Å². The van der Waals surface area contributed by atoms with Crippen LogP contribution in [0.1, 0.15) is 17.8 Å². The van der Waals surface area contributed by atoms with E-state index < -0.39 is 12.1 Å². The molecule has 0 aromatic carbocycles. The average Bonchev–Trinajstić information content (AvgIpc) is 3.40. The third-order valence-electron chi connectivity index (χ3n) is 4.86. The normalized spacial score (nSPS) is 23.4. The van der Waals surface area contributed by atoms with Crippen LogP contribution in [0.5, 0.6) is 0 Å². The summed E-state index contributed by atoms with van der Waals surface area (Å²) >= 11 is 1.65. The molecule has 2 saturated heterocycles. The number of carboxylic acids is 1. The molecule has 2 aliphatic heterocycles. The van der Waals surface area contributed by atoms with Crippen molar-refractivity contribution >= 4 is 29.0 Å². The zero-order valence-corrected chi connectivity index (χ0v) is 17.0. The smallest absolute Gasteiger partial charge is 0.475 e. The number of nitrogens with zero attached hydrogens (tertiary/aromatic N) is 4. The number of rotatable bonds is 4. The molecule has 4 rings (SSSR count). The van der Waals surface area contributed by atoms with Crippen LogP contribution in [0.4, 0.5) is 19.0 Å². The number of ether oxygens (including phenoxy) is 1. The van der Waals surface area contributed by atoms with Crippen molar-refractivity contribution in [1.82, 2.24) is 19.9 Å². The lowest BCUT2D eigenvalue weighted by atomic mass is 9.89. The highest BCUT2D eigenvalue weighted by Gasteiger charge is 2.42. The zero-order valence-electron chi connectivity index (χ0n) is 16.2. The largest absolute Gasteiger partial charge is 0.490 e. The highest BCUT2D eigenvalue weighted by Crippen LogP contribution is 2.33. The topological polar surface area (TPSA) is 118 Å². The molecule has 31 heavy (non-hydrogen) atoms. The number of hydrogen-bond donors (Lipinski definition) is 2. The molecule has 13 heteroatoms. The summed E-state index contributed by atoms with van der Waals surface area (Å²) in [5.41, 5.74) is 0. The van der Waals surface area contributed by atoms with E-state index in [0.717, 1.165) is 37.5 Å². The summed E-state index contributed by atoms with van der Waals surface area (Å²) in [4.78, 5) is 36.3. The molecule has 0 unspecified atom stereocenters. The van der Waals surface area contributed by atoms with Gasteiger partial charge >= 0.3 is 12.1 Å². The van der Waals surface area contributed by atoms with E-state index in [2.05, 4.69) is 25.2 Å². The number of anilines is 1. The summed E-state index contributed by atoms with van der Waals surface area (Å²) in [7, 11) is 0. The Morgan fingerprint density at radius 2 is 2.06 bits per heavy atom. The first-order valence-corrected chi connectivity index (χ1v) is 10.2. The monoisotopic (exact) mass is 459 g/mol. The van der Waals surface area contributed by atoms with E-state index in [-0.39, 0.29) is 17.9 Å². The standard InChI is InChI=1S/C16H19N5O2S.C2HF3O2/c22-16(20-14-8-17-2-3-18-14)11-7-13-12(1-5-23-13)21(9-11)10-15-19-4-6-24-15;3-2(4,5)1(6)7/h2-4,6,8,11-13H,1,5,7,9-10H2,(H,18,20,22);(H,6,7)/t11-,12+,13+;/m0./s1. The predicted molar refractivity (Wildman–Crippen MR) is 103 cm³/mol. The summed E-state index contributed by atoms with van der Waals surface area (Å²) in [6.07, 6.45) is 3.36. The van der Waals surface area contributed by atoms with Crippen LogP contribution in [0, 0.1) is 5.92 Å². The maximum Gasteiger partial charge on any atom is 0.490 e. The minimum Gasteiger partial charge on any atom is -0.475 e. The Hall–Kier alpha value is -2.64. The Morgan fingerprint density at radius 1 is 1.29 bits per heavy atom. The van der Waals surface area contributed by atoms with Crippen molar-refractivity contribution in [2.45, 2.75) is 37.7 Å². The Bertz CT molecular complexity index is 869. The number of alkyl halides is 3. The molecule has 2 aromatic heterocycles. The van der Waals surface area contributed by atoms with Gasteiger partial charge in [0.2, 0.25) is 5.91 Å². The van der Waals surface area contributed by atoms with Crippen molar-refractivity contribution in [2.75, 3.05) is 18.5 Å². The Labute approximate surface area is 179 Å². The van der Waals surface area contributed by atoms with Gasteiger partial charge in [0, 0.05) is 43.2 Å². The van der Waals surface area contributed by atoms with Gasteiger partial charge in [-0.2, -0.15) is 13.2 Å². The lowest BCUT2D eigenvalue weighted by Crippen LogP contribution is -2.51. The van der Waals surface area contributed by atoms with Crippen molar-refractivity contribution in [1.29, 1.82) is 0 Å². The summed E-state index contributed by atoms with van der Waals surface area (Å²) < 4.78 is 37.6. The van der Waals surface area contributed by atoms with Crippen LogP contribution in [0.15, 0.2) is 30.2 Å². The third kappa shape index (κ3) is 6.42. The van der Waals surface area contributed by atoms with Gasteiger partial charge in [-0.25, -0.2) is 14.8 Å². The second-order valence-electron chi connectivity index (χ2n) is 6.94. The number of carbonyl (C=O) groups is 2. The first-order chi connectivity index (χ1) is 14.7. The molecule has 0 saturated carbocycles. The first-order valence-electron chi connectivity index (χ1n) is 9.35. The van der Waals surface area contributed by atoms with E-state index >= 15 is 0 Å². The van der Waals surface area contributed by atoms with Crippen molar-refractivity contribution in [3.8, 4) is 0 Å². The SMILES string of the molecule is O=C(Nc1cnccn1)[C@H]1C[C@H]2OCC[C@H]2N(Cc2nccs2)C1.O=C(O)C(F)(F)F. The molecule has 0 radical (unpaired) electrons. The number of likely N-dealkylation sites (tertiary alicyclic amines) is 1. The number of carboxylic acid groups (broad SMARTS) is 1. The molecule has 2 fully saturated rings. The molecule has 4 heterocycles. The van der Waals surface area contributed by atoms with Gasteiger partial charge in [-0.3, -0.25) is 14.7 Å². The highest BCUT2D eigenvalue weighted by atomic mass is 32.1. The second kappa shape index (κ2) is 10.1. The Balaban J connectivity index is 0.000000339. The van der Waals surface area contributed by atoms with Crippen LogP contribution in [-0.2, 0) is 20.9 Å². The second-order valence-corrected chi connectivity index (χ2v) is 7.92. The van der Waals surface area contributed by atoms with E-state index in [1.165, 1.54) is 0 Å². The van der Waals surface area contributed by atoms with Crippen LogP contribution < -0.4 is 5.32 Å². The Morgan fingerprint density at radius 3 is 2.68 bits per heavy atom. The maximum absolute atomic E-state index is 12.6. The van der Waals surface area contributed by atoms with Gasteiger partial charge in [0.25, 0.3) is 0 Å². The number of aliphatic carboxylic acids is 1. The molecule has 168 valence electrons. The number of hydrogen-bond acceptors (Lipinski definition) is 8. The lowest BCUT2D eigenvalue weighted by Gasteiger charge is -2.39. The first kappa shape index (κ1) is 23.0. The van der Waals surface area contributed by atoms with Gasteiger partial charge < -0.3 is 15.2 Å². The number of carbonyl (C=O) groups excluding carboxylic acids is 1. The molecule has 1 amide bonds. The van der Waals surface area contributed by atoms with Crippen LogP contribution in [-0.4, -0.2) is 68.3 Å². The number of fused-ring (bicyclic) bond motifs is 1. The van der Waals surface area contributed by atoms with Crippen molar-refractivity contribution in [3.63, 3.8) is 0 Å². The molecule has 0 aliphatic carbocycles. The van der Waals surface area contributed by atoms with E-state index in [9.17, 15) is 18.0 Å². The molecule has 3 atom stereocenters. The van der Waals surface area contributed by atoms with Crippen molar-refractivity contribution in [3.05, 3.63) is 35.2 Å². The number of aromatic nitrogens is 3. The van der Waals surface area contributed by atoms with Gasteiger partial charge in [-0.1, -0.05) is 0 Å². The van der Waals surface area contributed by atoms with Crippen LogP contribution in [0.3, 0.4) is 0 Å². The third-order valence-corrected chi connectivity index (χ3v) is 5.63. The Kier molecular flexibility index (Phi) is 7.51. The average molecular weight is 459 g/mol. The van der Waals surface area contributed by atoms with Gasteiger partial charge in [0.1, 0.15) is 5.01 Å². The van der Waals surface area contributed by atoms with Crippen molar-refractivity contribution < 1.29 is 32.6 Å². The molecule has 0 bridgehead atoms. The van der Waals surface area contributed by atoms with E-state index in [0.29, 0.717) is 11.9 Å². The highest BCUT2D eigenvalue weighted by molar-refractivity contribution is 7.09. The summed E-state index contributed by atoms with van der Waals surface area (Å²) in [6, 6.07) is 0.384. The minimum atomic E-state index is -5.08. The van der Waals surface area contributed by atoms with Gasteiger partial charge in [0.15, 0.2) is 5.82 Å². The van der Waals surface area contributed by atoms with Crippen LogP contribution >= 0.6 is 11.3 Å². The molecule has 2 N–H and O–H groups in total. The van der Waals surface area contributed by atoms with Gasteiger partial charge in [-0.15, -0.1) is 11.3 Å². The summed E-state index contributed by atoms with van der Waals surface area (Å²) in [5, 5.41) is 13.1. The number of amides is 1.